The maximum atomic E-state index is 11.2. The molecule has 3 rings (SSSR count). The second kappa shape index (κ2) is 6.23. The summed E-state index contributed by atoms with van der Waals surface area (Å²) in [7, 11) is -3.20. The fourth-order valence-corrected chi connectivity index (χ4v) is 3.05. The Balaban J connectivity index is 1.68. The molecule has 0 unspecified atom stereocenters. The van der Waals surface area contributed by atoms with E-state index in [1.54, 1.807) is 6.26 Å². The number of nitrogens with zero attached hydrogens (tertiary/aromatic N) is 3. The highest BCUT2D eigenvalue weighted by Crippen LogP contribution is 2.16. The van der Waals surface area contributed by atoms with Crippen molar-refractivity contribution >= 4 is 10.0 Å². The third kappa shape index (κ3) is 3.96. The largest absolute Gasteiger partial charge is 0.468 e. The molecule has 0 radical (unpaired) electrons. The van der Waals surface area contributed by atoms with Gasteiger partial charge in [0.2, 0.25) is 10.0 Å². The minimum absolute atomic E-state index is 0.233. The normalized spacial score (nSPS) is 16.4. The molecule has 0 amide bonds. The van der Waals surface area contributed by atoms with Crippen LogP contribution in [0.1, 0.15) is 23.6 Å². The van der Waals surface area contributed by atoms with Crippen LogP contribution >= 0.6 is 0 Å². The average molecular weight is 324 g/mol. The highest BCUT2D eigenvalue weighted by atomic mass is 32.2. The van der Waals surface area contributed by atoms with Crippen molar-refractivity contribution in [3.05, 3.63) is 41.6 Å². The fraction of sp³-hybridized carbons (Fsp3) is 0.500. The monoisotopic (exact) mass is 324 g/mol. The molecule has 120 valence electrons. The van der Waals surface area contributed by atoms with Gasteiger partial charge in [0.15, 0.2) is 0 Å². The molecule has 0 aliphatic carbocycles. The summed E-state index contributed by atoms with van der Waals surface area (Å²) >= 11 is 0. The molecular formula is C14H20N4O3S. The van der Waals surface area contributed by atoms with E-state index in [4.69, 9.17) is 4.42 Å². The van der Waals surface area contributed by atoms with Crippen LogP contribution in [0, 0.1) is 0 Å². The van der Waals surface area contributed by atoms with Gasteiger partial charge < -0.3 is 4.42 Å². The number of hydrogen-bond acceptors (Lipinski definition) is 5. The molecule has 2 aromatic rings. The number of aromatic nitrogens is 2. The van der Waals surface area contributed by atoms with Gasteiger partial charge in [0.1, 0.15) is 5.76 Å². The molecule has 3 heterocycles. The van der Waals surface area contributed by atoms with Gasteiger partial charge in [0, 0.05) is 19.6 Å². The molecule has 1 aliphatic heterocycles. The van der Waals surface area contributed by atoms with Gasteiger partial charge in [0.05, 0.1) is 37.0 Å². The van der Waals surface area contributed by atoms with Crippen molar-refractivity contribution in [1.82, 2.24) is 19.4 Å². The van der Waals surface area contributed by atoms with Crippen molar-refractivity contribution in [2.24, 2.45) is 0 Å². The van der Waals surface area contributed by atoms with Crippen LogP contribution in [0.3, 0.4) is 0 Å². The van der Waals surface area contributed by atoms with Crippen LogP contribution in [0.4, 0.5) is 0 Å². The third-order valence-electron chi connectivity index (χ3n) is 3.62. The number of sulfonamides is 1. The lowest BCUT2D eigenvalue weighted by Gasteiger charge is -2.17. The summed E-state index contributed by atoms with van der Waals surface area (Å²) < 4.78 is 32.2. The smallest absolute Gasteiger partial charge is 0.209 e. The van der Waals surface area contributed by atoms with Crippen LogP contribution in [-0.2, 0) is 36.2 Å². The van der Waals surface area contributed by atoms with Gasteiger partial charge in [0.25, 0.3) is 0 Å². The quantitative estimate of drug-likeness (QED) is 0.885. The first-order valence-corrected chi connectivity index (χ1v) is 9.14. The molecule has 0 saturated heterocycles. The van der Waals surface area contributed by atoms with E-state index in [0.717, 1.165) is 56.0 Å². The van der Waals surface area contributed by atoms with E-state index < -0.39 is 10.0 Å². The lowest BCUT2D eigenvalue weighted by Crippen LogP contribution is -2.22. The Morgan fingerprint density at radius 2 is 2.27 bits per heavy atom. The lowest BCUT2D eigenvalue weighted by atomic mass is 10.3. The summed E-state index contributed by atoms with van der Waals surface area (Å²) in [5.41, 5.74) is 1.86. The maximum Gasteiger partial charge on any atom is 0.209 e. The zero-order valence-corrected chi connectivity index (χ0v) is 13.3. The Bertz CT molecular complexity index is 721. The molecule has 8 heteroatoms. The number of furan rings is 1. The Hall–Kier alpha value is -1.64. The van der Waals surface area contributed by atoms with Crippen LogP contribution in [-0.4, -0.2) is 35.9 Å². The van der Waals surface area contributed by atoms with Gasteiger partial charge in [-0.2, -0.15) is 5.10 Å². The Kier molecular flexibility index (Phi) is 4.32. The van der Waals surface area contributed by atoms with Gasteiger partial charge >= 0.3 is 0 Å². The number of hydrogen-bond donors (Lipinski definition) is 1. The molecule has 22 heavy (non-hydrogen) atoms. The highest BCUT2D eigenvalue weighted by molar-refractivity contribution is 7.88. The van der Waals surface area contributed by atoms with Crippen molar-refractivity contribution in [3.8, 4) is 0 Å². The predicted molar refractivity (Wildman–Crippen MR) is 81.3 cm³/mol. The van der Waals surface area contributed by atoms with Crippen molar-refractivity contribution < 1.29 is 12.8 Å². The fourth-order valence-electron chi connectivity index (χ4n) is 2.64. The first kappa shape index (κ1) is 15.3. The van der Waals surface area contributed by atoms with Crippen molar-refractivity contribution in [1.29, 1.82) is 0 Å². The molecule has 0 fully saturated rings. The number of aryl methyl sites for hydroxylation is 1. The molecule has 1 N–H and O–H groups in total. The first-order chi connectivity index (χ1) is 10.5. The van der Waals surface area contributed by atoms with E-state index in [2.05, 4.69) is 14.7 Å². The predicted octanol–water partition coefficient (Wildman–Crippen LogP) is 0.931. The van der Waals surface area contributed by atoms with Gasteiger partial charge in [-0.25, -0.2) is 13.1 Å². The summed E-state index contributed by atoms with van der Waals surface area (Å²) in [6.07, 6.45) is 3.85. The number of fused-ring (bicyclic) bond motifs is 1. The topological polar surface area (TPSA) is 80.4 Å². The van der Waals surface area contributed by atoms with Crippen LogP contribution < -0.4 is 4.72 Å². The Morgan fingerprint density at radius 1 is 1.41 bits per heavy atom. The number of rotatable bonds is 5. The minimum Gasteiger partial charge on any atom is -0.468 e. The summed E-state index contributed by atoms with van der Waals surface area (Å²) in [5.74, 6) is 0.951. The molecule has 0 atom stereocenters. The van der Waals surface area contributed by atoms with E-state index in [1.807, 2.05) is 22.9 Å². The van der Waals surface area contributed by atoms with E-state index in [1.165, 1.54) is 0 Å². The second-order valence-electron chi connectivity index (χ2n) is 5.59. The van der Waals surface area contributed by atoms with Gasteiger partial charge in [-0.1, -0.05) is 0 Å². The van der Waals surface area contributed by atoms with Crippen molar-refractivity contribution in [3.63, 3.8) is 0 Å². The zero-order chi connectivity index (χ0) is 15.6. The molecule has 0 saturated carbocycles. The summed E-state index contributed by atoms with van der Waals surface area (Å²) in [5, 5.41) is 4.48. The average Bonchev–Trinajstić information content (AvgIpc) is 3.03. The van der Waals surface area contributed by atoms with Crippen molar-refractivity contribution in [2.75, 3.05) is 12.8 Å². The van der Waals surface area contributed by atoms with E-state index >= 15 is 0 Å². The van der Waals surface area contributed by atoms with E-state index in [9.17, 15) is 8.42 Å². The highest BCUT2D eigenvalue weighted by Gasteiger charge is 2.18. The SMILES string of the molecule is CS(=O)(=O)NCc1cc2n(n1)CCCN(Cc1ccco1)C2. The van der Waals surface area contributed by atoms with Gasteiger partial charge in [-0.05, 0) is 24.6 Å². The van der Waals surface area contributed by atoms with Crippen LogP contribution in [0.15, 0.2) is 28.9 Å². The van der Waals surface area contributed by atoms with Crippen LogP contribution in [0.2, 0.25) is 0 Å². The van der Waals surface area contributed by atoms with Gasteiger partial charge in [-0.15, -0.1) is 0 Å². The van der Waals surface area contributed by atoms with Crippen molar-refractivity contribution in [2.45, 2.75) is 32.6 Å². The summed E-state index contributed by atoms with van der Waals surface area (Å²) in [4.78, 5) is 2.31. The molecule has 7 nitrogen and oxygen atoms in total. The molecule has 0 aromatic carbocycles. The van der Waals surface area contributed by atoms with E-state index in [-0.39, 0.29) is 6.54 Å². The molecule has 0 bridgehead atoms. The van der Waals surface area contributed by atoms with Crippen LogP contribution in [0.25, 0.3) is 0 Å². The Morgan fingerprint density at radius 3 is 3.00 bits per heavy atom. The minimum atomic E-state index is -3.20. The molecular weight excluding hydrogens is 304 g/mol. The summed E-state index contributed by atoms with van der Waals surface area (Å²) in [6, 6.07) is 5.84. The molecule has 1 aliphatic rings. The molecule has 2 aromatic heterocycles. The maximum absolute atomic E-state index is 11.2. The molecule has 0 spiro atoms. The first-order valence-electron chi connectivity index (χ1n) is 7.24. The zero-order valence-electron chi connectivity index (χ0n) is 12.5. The third-order valence-corrected chi connectivity index (χ3v) is 4.29. The summed E-state index contributed by atoms with van der Waals surface area (Å²) in [6.45, 7) is 3.63. The van der Waals surface area contributed by atoms with Crippen LogP contribution in [0.5, 0.6) is 0 Å². The number of nitrogens with one attached hydrogen (secondary N) is 1. The Labute approximate surface area is 130 Å². The van der Waals surface area contributed by atoms with E-state index in [0.29, 0.717) is 0 Å². The lowest BCUT2D eigenvalue weighted by molar-refractivity contribution is 0.239. The second-order valence-corrected chi connectivity index (χ2v) is 7.42. The van der Waals surface area contributed by atoms with Gasteiger partial charge in [-0.3, -0.25) is 9.58 Å². The standard InChI is InChI=1S/C14H20N4O3S/c1-22(19,20)15-9-12-8-13-10-17(5-3-6-18(13)16-12)11-14-4-2-7-21-14/h2,4,7-8,15H,3,5-6,9-11H2,1H3.